The van der Waals surface area contributed by atoms with Crippen molar-refractivity contribution in [3.05, 3.63) is 54.2 Å². The van der Waals surface area contributed by atoms with Crippen LogP contribution in [0, 0.1) is 11.3 Å². The molecule has 0 spiro atoms. The van der Waals surface area contributed by atoms with Gasteiger partial charge in [-0.3, -0.25) is 5.10 Å². The molecule has 0 radical (unpaired) electrons. The molecule has 2 heterocycles. The fourth-order valence-electron chi connectivity index (χ4n) is 3.32. The van der Waals surface area contributed by atoms with Crippen molar-refractivity contribution in [2.24, 2.45) is 0 Å². The van der Waals surface area contributed by atoms with E-state index >= 15 is 0 Å². The van der Waals surface area contributed by atoms with Crippen LogP contribution in [0.3, 0.4) is 0 Å². The first-order valence-corrected chi connectivity index (χ1v) is 9.94. The lowest BCUT2D eigenvalue weighted by molar-refractivity contribution is -0.144. The Morgan fingerprint density at radius 2 is 1.91 bits per heavy atom. The molecule has 0 amide bonds. The van der Waals surface area contributed by atoms with Gasteiger partial charge in [0.1, 0.15) is 23.1 Å². The topological polar surface area (TPSA) is 134 Å². The smallest absolute Gasteiger partial charge is 0.344 e. The van der Waals surface area contributed by atoms with Crippen molar-refractivity contribution in [1.29, 1.82) is 5.26 Å². The Bertz CT molecular complexity index is 1350. The minimum absolute atomic E-state index is 0.395. The van der Waals surface area contributed by atoms with Gasteiger partial charge in [0.15, 0.2) is 29.1 Å². The molecule has 0 bridgehead atoms. The summed E-state index contributed by atoms with van der Waals surface area (Å²) < 4.78 is 17.8. The van der Waals surface area contributed by atoms with Crippen molar-refractivity contribution in [1.82, 2.24) is 14.6 Å². The molecule has 10 nitrogen and oxygen atoms in total. The number of fused-ring (bicyclic) bond motifs is 1. The van der Waals surface area contributed by atoms with Gasteiger partial charge in [-0.25, -0.2) is 14.3 Å². The Morgan fingerprint density at radius 1 is 1.18 bits per heavy atom. The van der Waals surface area contributed by atoms with Crippen LogP contribution in [0.4, 0.5) is 11.5 Å². The standard InChI is InChI=1S/C23H21N5O5/c1-13(23(29)30)33-17-7-4-14(5-8-17)20-22(28-21(27-20)15(11-24)12-25-28)26-16-6-9-18(31-2)19(10-16)32-3/h4-10,12-13,25-26H,1-3H3,(H,29,30). The SMILES string of the molecule is COc1ccc(Nc2c(-c3ccc(OC(C)C(=O)O)cc3)nc3c(C#N)c[nH]n23)cc1OC. The highest BCUT2D eigenvalue weighted by Crippen LogP contribution is 2.35. The summed E-state index contributed by atoms with van der Waals surface area (Å²) in [7, 11) is 3.12. The van der Waals surface area contributed by atoms with Gasteiger partial charge in [-0.1, -0.05) is 0 Å². The van der Waals surface area contributed by atoms with Crippen LogP contribution in [0.2, 0.25) is 0 Å². The Labute approximate surface area is 188 Å². The van der Waals surface area contributed by atoms with Gasteiger partial charge in [0, 0.05) is 23.5 Å². The predicted molar refractivity (Wildman–Crippen MR) is 120 cm³/mol. The van der Waals surface area contributed by atoms with Gasteiger partial charge in [-0.15, -0.1) is 0 Å². The van der Waals surface area contributed by atoms with Gasteiger partial charge in [0.2, 0.25) is 0 Å². The first kappa shape index (κ1) is 21.6. The summed E-state index contributed by atoms with van der Waals surface area (Å²) in [5.41, 5.74) is 2.92. The van der Waals surface area contributed by atoms with Crippen molar-refractivity contribution >= 4 is 23.1 Å². The van der Waals surface area contributed by atoms with E-state index in [0.29, 0.717) is 40.0 Å². The lowest BCUT2D eigenvalue weighted by atomic mass is 10.1. The van der Waals surface area contributed by atoms with Gasteiger partial charge in [-0.05, 0) is 43.3 Å². The van der Waals surface area contributed by atoms with Crippen molar-refractivity contribution < 1.29 is 24.1 Å². The maximum Gasteiger partial charge on any atom is 0.344 e. The number of carboxylic acid groups (broad SMARTS) is 1. The van der Waals surface area contributed by atoms with Gasteiger partial charge in [0.25, 0.3) is 0 Å². The van der Waals surface area contributed by atoms with Crippen LogP contribution in [0.25, 0.3) is 16.9 Å². The number of nitrogens with one attached hydrogen (secondary N) is 2. The zero-order valence-corrected chi connectivity index (χ0v) is 18.1. The number of ether oxygens (including phenoxy) is 3. The number of carbonyl (C=O) groups is 1. The number of aromatic nitrogens is 3. The molecule has 1 atom stereocenters. The first-order valence-electron chi connectivity index (χ1n) is 9.94. The van der Waals surface area contributed by atoms with E-state index in [2.05, 4.69) is 21.5 Å². The van der Waals surface area contributed by atoms with E-state index in [4.69, 9.17) is 19.3 Å². The molecule has 0 aliphatic rings. The van der Waals surface area contributed by atoms with E-state index in [9.17, 15) is 10.1 Å². The summed E-state index contributed by atoms with van der Waals surface area (Å²) in [5, 5.41) is 24.9. The highest BCUT2D eigenvalue weighted by molar-refractivity contribution is 5.81. The average molecular weight is 447 g/mol. The molecule has 3 N–H and O–H groups in total. The lowest BCUT2D eigenvalue weighted by Gasteiger charge is -2.13. The van der Waals surface area contributed by atoms with Crippen LogP contribution in [0.15, 0.2) is 48.7 Å². The van der Waals surface area contributed by atoms with Gasteiger partial charge < -0.3 is 24.6 Å². The number of aliphatic carboxylic acids is 1. The molecule has 4 rings (SSSR count). The minimum Gasteiger partial charge on any atom is -0.493 e. The zero-order chi connectivity index (χ0) is 23.5. The van der Waals surface area contributed by atoms with Crippen LogP contribution < -0.4 is 19.5 Å². The molecular weight excluding hydrogens is 426 g/mol. The molecule has 4 aromatic rings. The predicted octanol–water partition coefficient (Wildman–Crippen LogP) is 3.81. The van der Waals surface area contributed by atoms with Crippen LogP contribution in [0.1, 0.15) is 12.5 Å². The number of hydrogen-bond donors (Lipinski definition) is 3. The Kier molecular flexibility index (Phi) is 5.78. The van der Waals surface area contributed by atoms with Gasteiger partial charge in [-0.2, -0.15) is 5.26 Å². The summed E-state index contributed by atoms with van der Waals surface area (Å²) in [5.74, 6) is 1.13. The number of nitrogens with zero attached hydrogens (tertiary/aromatic N) is 3. The fraction of sp³-hybridized carbons (Fsp3) is 0.174. The minimum atomic E-state index is -1.05. The molecular formula is C23H21N5O5. The molecule has 0 aliphatic carbocycles. The quantitative estimate of drug-likeness (QED) is 0.371. The second-order valence-electron chi connectivity index (χ2n) is 7.08. The van der Waals surface area contributed by atoms with E-state index in [-0.39, 0.29) is 0 Å². The summed E-state index contributed by atoms with van der Waals surface area (Å²) in [6.07, 6.45) is 0.609. The summed E-state index contributed by atoms with van der Waals surface area (Å²) in [4.78, 5) is 15.7. The number of carboxylic acids is 1. The van der Waals surface area contributed by atoms with Crippen molar-refractivity contribution in [3.8, 4) is 34.6 Å². The largest absolute Gasteiger partial charge is 0.493 e. The van der Waals surface area contributed by atoms with Crippen molar-refractivity contribution in [2.75, 3.05) is 19.5 Å². The number of anilines is 2. The third-order valence-electron chi connectivity index (χ3n) is 5.01. The van der Waals surface area contributed by atoms with E-state index in [1.54, 1.807) is 61.3 Å². The third kappa shape index (κ3) is 4.12. The van der Waals surface area contributed by atoms with Gasteiger partial charge >= 0.3 is 5.97 Å². The lowest BCUT2D eigenvalue weighted by Crippen LogP contribution is -2.22. The summed E-state index contributed by atoms with van der Waals surface area (Å²) in [6, 6.07) is 14.4. The number of imidazole rings is 1. The molecule has 0 fully saturated rings. The maximum absolute atomic E-state index is 11.0. The first-order chi connectivity index (χ1) is 15.9. The molecule has 10 heteroatoms. The van der Waals surface area contributed by atoms with E-state index in [1.807, 2.05) is 6.07 Å². The average Bonchev–Trinajstić information content (AvgIpc) is 3.39. The van der Waals surface area contributed by atoms with Crippen LogP contribution in [-0.2, 0) is 4.79 Å². The molecule has 0 aliphatic heterocycles. The molecule has 0 saturated carbocycles. The molecule has 33 heavy (non-hydrogen) atoms. The third-order valence-corrected chi connectivity index (χ3v) is 5.01. The van der Waals surface area contributed by atoms with Crippen LogP contribution >= 0.6 is 0 Å². The second kappa shape index (κ2) is 8.84. The van der Waals surface area contributed by atoms with Crippen LogP contribution in [-0.4, -0.2) is 46.0 Å². The van der Waals surface area contributed by atoms with Crippen molar-refractivity contribution in [3.63, 3.8) is 0 Å². The number of hydrogen-bond acceptors (Lipinski definition) is 7. The zero-order valence-electron chi connectivity index (χ0n) is 18.1. The van der Waals surface area contributed by atoms with Gasteiger partial charge in [0.05, 0.1) is 14.2 Å². The molecule has 2 aromatic heterocycles. The number of nitriles is 1. The molecule has 168 valence electrons. The summed E-state index contributed by atoms with van der Waals surface area (Å²) in [6.45, 7) is 1.46. The van der Waals surface area contributed by atoms with Crippen LogP contribution in [0.5, 0.6) is 17.2 Å². The fourth-order valence-corrected chi connectivity index (χ4v) is 3.32. The maximum atomic E-state index is 11.0. The van der Waals surface area contributed by atoms with Crippen molar-refractivity contribution in [2.45, 2.75) is 13.0 Å². The number of aromatic amines is 1. The Morgan fingerprint density at radius 3 is 2.55 bits per heavy atom. The number of rotatable bonds is 8. The Balaban J connectivity index is 1.75. The molecule has 0 saturated heterocycles. The van der Waals surface area contributed by atoms with E-state index in [0.717, 1.165) is 11.3 Å². The highest BCUT2D eigenvalue weighted by atomic mass is 16.5. The number of methoxy groups -OCH3 is 2. The molecule has 2 aromatic carbocycles. The van der Waals surface area contributed by atoms with E-state index in [1.165, 1.54) is 6.92 Å². The number of H-pyrrole nitrogens is 1. The normalized spacial score (nSPS) is 11.6. The second-order valence-corrected chi connectivity index (χ2v) is 7.08. The summed E-state index contributed by atoms with van der Waals surface area (Å²) >= 11 is 0. The monoisotopic (exact) mass is 447 g/mol. The van der Waals surface area contributed by atoms with E-state index < -0.39 is 12.1 Å². The molecule has 1 unspecified atom stereocenters. The Hall–Kier alpha value is -4.65. The highest BCUT2D eigenvalue weighted by Gasteiger charge is 2.19. The number of benzene rings is 2.